The van der Waals surface area contributed by atoms with Crippen LogP contribution in [-0.2, 0) is 19.6 Å². The lowest BCUT2D eigenvalue weighted by Gasteiger charge is -2.25. The van der Waals surface area contributed by atoms with Gasteiger partial charge in [0, 0.05) is 13.2 Å². The van der Waals surface area contributed by atoms with E-state index < -0.39 is 22.5 Å². The molecule has 4 rings (SSSR count). The first kappa shape index (κ1) is 27.4. The number of para-hydroxylation sites is 1. The third-order valence-corrected chi connectivity index (χ3v) is 8.09. The number of nitrogens with one attached hydrogen (secondary N) is 2. The average molecular weight is 558 g/mol. The summed E-state index contributed by atoms with van der Waals surface area (Å²) in [6, 6.07) is 18.7. The van der Waals surface area contributed by atoms with Crippen LogP contribution in [-0.4, -0.2) is 53.1 Å². The molecule has 1 aliphatic heterocycles. The van der Waals surface area contributed by atoms with Gasteiger partial charge in [0.15, 0.2) is 0 Å². The van der Waals surface area contributed by atoms with Crippen LogP contribution in [0, 0.1) is 0 Å². The Bertz CT molecular complexity index is 1390. The van der Waals surface area contributed by atoms with Gasteiger partial charge in [0.1, 0.15) is 12.3 Å². The molecule has 0 aliphatic carbocycles. The lowest BCUT2D eigenvalue weighted by Crippen LogP contribution is -2.38. The predicted molar refractivity (Wildman–Crippen MR) is 145 cm³/mol. The minimum atomic E-state index is -4.14. The smallest absolute Gasteiger partial charge is 0.264 e. The molecule has 0 aromatic heterocycles. The summed E-state index contributed by atoms with van der Waals surface area (Å²) in [6.07, 6.45) is 1.79. The second kappa shape index (κ2) is 12.3. The summed E-state index contributed by atoms with van der Waals surface area (Å²) in [7, 11) is -2.70. The van der Waals surface area contributed by atoms with Crippen LogP contribution < -0.4 is 19.7 Å². The van der Waals surface area contributed by atoms with Gasteiger partial charge in [-0.05, 0) is 55.3 Å². The van der Waals surface area contributed by atoms with Gasteiger partial charge >= 0.3 is 0 Å². The lowest BCUT2D eigenvalue weighted by atomic mass is 10.1. The number of benzene rings is 3. The number of ether oxygens (including phenoxy) is 2. The maximum Gasteiger partial charge on any atom is 0.264 e. The molecule has 3 aromatic rings. The van der Waals surface area contributed by atoms with Crippen LogP contribution in [0.15, 0.2) is 77.7 Å². The maximum atomic E-state index is 13.6. The first-order valence-electron chi connectivity index (χ1n) is 12.0. The van der Waals surface area contributed by atoms with Gasteiger partial charge < -0.3 is 20.1 Å². The van der Waals surface area contributed by atoms with E-state index in [9.17, 15) is 18.0 Å². The summed E-state index contributed by atoms with van der Waals surface area (Å²) >= 11 is 6.27. The molecule has 1 fully saturated rings. The number of sulfonamides is 1. The van der Waals surface area contributed by atoms with Gasteiger partial charge in [-0.2, -0.15) is 0 Å². The highest BCUT2D eigenvalue weighted by atomic mass is 35.5. The molecule has 11 heteroatoms. The van der Waals surface area contributed by atoms with E-state index in [1.165, 1.54) is 37.4 Å². The standard InChI is InChI=1S/C27H28ClN3O6S/c1-36-25-14-13-19(16-23(25)28)31(38(34,35)21-9-3-2-4-10-21)18-26(32)30-24-12-6-5-11-22(24)27(33)29-17-20-8-7-15-37-20/h2-6,9-14,16,20H,7-8,15,17-18H2,1H3,(H,29,33)(H,30,32)/t20-/m1/s1. The Kier molecular flexibility index (Phi) is 8.88. The van der Waals surface area contributed by atoms with Gasteiger partial charge in [0.2, 0.25) is 5.91 Å². The third-order valence-electron chi connectivity index (χ3n) is 6.00. The highest BCUT2D eigenvalue weighted by Gasteiger charge is 2.28. The van der Waals surface area contributed by atoms with Crippen molar-refractivity contribution in [3.63, 3.8) is 0 Å². The molecule has 0 saturated carbocycles. The molecule has 0 unspecified atom stereocenters. The van der Waals surface area contributed by atoms with Crippen molar-refractivity contribution in [1.82, 2.24) is 5.32 Å². The van der Waals surface area contributed by atoms with Crippen molar-refractivity contribution in [1.29, 1.82) is 0 Å². The van der Waals surface area contributed by atoms with Crippen LogP contribution in [0.5, 0.6) is 5.75 Å². The minimum Gasteiger partial charge on any atom is -0.495 e. The molecule has 38 heavy (non-hydrogen) atoms. The van der Waals surface area contributed by atoms with Crippen LogP contribution in [0.1, 0.15) is 23.2 Å². The fraction of sp³-hybridized carbons (Fsp3) is 0.259. The van der Waals surface area contributed by atoms with E-state index in [1.807, 2.05) is 0 Å². The summed E-state index contributed by atoms with van der Waals surface area (Å²) in [6.45, 7) is 0.475. The molecule has 1 saturated heterocycles. The van der Waals surface area contributed by atoms with Crippen LogP contribution in [0.4, 0.5) is 11.4 Å². The molecule has 0 bridgehead atoms. The number of hydrogen-bond donors (Lipinski definition) is 2. The number of rotatable bonds is 10. The Morgan fingerprint density at radius 2 is 1.82 bits per heavy atom. The van der Waals surface area contributed by atoms with E-state index in [0.29, 0.717) is 18.9 Å². The topological polar surface area (TPSA) is 114 Å². The fourth-order valence-corrected chi connectivity index (χ4v) is 5.75. The molecule has 9 nitrogen and oxygen atoms in total. The van der Waals surface area contributed by atoms with Crippen LogP contribution >= 0.6 is 11.6 Å². The SMILES string of the molecule is COc1ccc(N(CC(=O)Nc2ccccc2C(=O)NC[C@H]2CCCO2)S(=O)(=O)c2ccccc2)cc1Cl. The monoisotopic (exact) mass is 557 g/mol. The number of methoxy groups -OCH3 is 1. The van der Waals surface area contributed by atoms with E-state index in [-0.39, 0.29) is 38.9 Å². The number of hydrogen-bond acceptors (Lipinski definition) is 6. The first-order valence-corrected chi connectivity index (χ1v) is 13.8. The molecule has 2 N–H and O–H groups in total. The maximum absolute atomic E-state index is 13.6. The van der Waals surface area contributed by atoms with Crippen LogP contribution in [0.3, 0.4) is 0 Å². The molecular weight excluding hydrogens is 530 g/mol. The lowest BCUT2D eigenvalue weighted by molar-refractivity contribution is -0.114. The fourth-order valence-electron chi connectivity index (χ4n) is 4.06. The quantitative estimate of drug-likeness (QED) is 0.388. The summed E-state index contributed by atoms with van der Waals surface area (Å²) in [4.78, 5) is 26.0. The molecule has 2 amide bonds. The van der Waals surface area contributed by atoms with Crippen molar-refractivity contribution in [2.24, 2.45) is 0 Å². The predicted octanol–water partition coefficient (Wildman–Crippen LogP) is 4.09. The van der Waals surface area contributed by atoms with Gasteiger partial charge in [-0.3, -0.25) is 13.9 Å². The molecule has 0 radical (unpaired) electrons. The Labute approximate surface area is 226 Å². The van der Waals surface area contributed by atoms with Crippen molar-refractivity contribution in [2.75, 3.05) is 36.4 Å². The summed E-state index contributed by atoms with van der Waals surface area (Å²) in [5.74, 6) is -0.650. The number of amides is 2. The number of nitrogens with zero attached hydrogens (tertiary/aromatic N) is 1. The highest BCUT2D eigenvalue weighted by Crippen LogP contribution is 2.32. The third kappa shape index (κ3) is 6.45. The van der Waals surface area contributed by atoms with E-state index in [4.69, 9.17) is 21.1 Å². The number of carbonyl (C=O) groups excluding carboxylic acids is 2. The van der Waals surface area contributed by atoms with Crippen molar-refractivity contribution >= 4 is 44.8 Å². The number of carbonyl (C=O) groups is 2. The van der Waals surface area contributed by atoms with Crippen molar-refractivity contribution in [3.8, 4) is 5.75 Å². The molecule has 1 heterocycles. The van der Waals surface area contributed by atoms with E-state index in [0.717, 1.165) is 17.1 Å². The molecular formula is C27H28ClN3O6S. The molecule has 0 spiro atoms. The summed E-state index contributed by atoms with van der Waals surface area (Å²) < 4.78 is 38.8. The Morgan fingerprint density at radius 1 is 1.08 bits per heavy atom. The normalized spacial score (nSPS) is 15.1. The van der Waals surface area contributed by atoms with Gasteiger partial charge in [-0.1, -0.05) is 41.9 Å². The average Bonchev–Trinajstić information content (AvgIpc) is 3.45. The van der Waals surface area contributed by atoms with Crippen LogP contribution in [0.25, 0.3) is 0 Å². The van der Waals surface area contributed by atoms with E-state index in [2.05, 4.69) is 10.6 Å². The molecule has 200 valence electrons. The largest absolute Gasteiger partial charge is 0.495 e. The summed E-state index contributed by atoms with van der Waals surface area (Å²) in [5.41, 5.74) is 0.688. The van der Waals surface area contributed by atoms with Gasteiger partial charge in [0.05, 0.1) is 40.1 Å². The second-order valence-corrected chi connectivity index (χ2v) is 10.9. The van der Waals surface area contributed by atoms with Crippen molar-refractivity contribution in [3.05, 3.63) is 83.4 Å². The highest BCUT2D eigenvalue weighted by molar-refractivity contribution is 7.92. The Morgan fingerprint density at radius 3 is 2.50 bits per heavy atom. The van der Waals surface area contributed by atoms with Crippen LogP contribution in [0.2, 0.25) is 5.02 Å². The first-order chi connectivity index (χ1) is 18.3. The zero-order chi connectivity index (χ0) is 27.1. The Balaban J connectivity index is 1.57. The zero-order valence-electron chi connectivity index (χ0n) is 20.7. The van der Waals surface area contributed by atoms with Gasteiger partial charge in [-0.15, -0.1) is 0 Å². The zero-order valence-corrected chi connectivity index (χ0v) is 22.3. The molecule has 1 atom stereocenters. The Hall–Kier alpha value is -3.60. The van der Waals surface area contributed by atoms with E-state index >= 15 is 0 Å². The second-order valence-electron chi connectivity index (χ2n) is 8.58. The van der Waals surface area contributed by atoms with Gasteiger partial charge in [-0.25, -0.2) is 8.42 Å². The minimum absolute atomic E-state index is 0.00801. The number of anilines is 2. The van der Waals surface area contributed by atoms with E-state index in [1.54, 1.807) is 42.5 Å². The van der Waals surface area contributed by atoms with Crippen molar-refractivity contribution < 1.29 is 27.5 Å². The van der Waals surface area contributed by atoms with Gasteiger partial charge in [0.25, 0.3) is 15.9 Å². The number of halogens is 1. The summed E-state index contributed by atoms with van der Waals surface area (Å²) in [5, 5.41) is 5.71. The molecule has 1 aliphatic rings. The molecule has 3 aromatic carbocycles. The van der Waals surface area contributed by atoms with Crippen molar-refractivity contribution in [2.45, 2.75) is 23.8 Å².